The van der Waals surface area contributed by atoms with Gasteiger partial charge in [0.1, 0.15) is 17.1 Å². The number of piperidine rings is 1. The summed E-state index contributed by atoms with van der Waals surface area (Å²) < 4.78 is 78.6. The molecule has 0 radical (unpaired) electrons. The van der Waals surface area contributed by atoms with Crippen LogP contribution in [0.4, 0.5) is 27.8 Å². The van der Waals surface area contributed by atoms with Gasteiger partial charge in [0.2, 0.25) is 5.88 Å². The third-order valence-electron chi connectivity index (χ3n) is 7.17. The van der Waals surface area contributed by atoms with E-state index in [-0.39, 0.29) is 46.8 Å². The average molecular weight is 644 g/mol. The van der Waals surface area contributed by atoms with Crippen molar-refractivity contribution in [3.8, 4) is 34.3 Å². The lowest BCUT2D eigenvalue weighted by Gasteiger charge is -2.30. The number of rotatable bonds is 10. The third-order valence-corrected chi connectivity index (χ3v) is 7.17. The molecule has 0 spiro atoms. The van der Waals surface area contributed by atoms with Crippen LogP contribution in [0.2, 0.25) is 0 Å². The van der Waals surface area contributed by atoms with Crippen LogP contribution in [0.15, 0.2) is 54.9 Å². The fourth-order valence-electron chi connectivity index (χ4n) is 4.86. The Hall–Kier alpha value is -4.92. The number of nitrogens with zero attached hydrogens (tertiary/aromatic N) is 5. The Morgan fingerprint density at radius 1 is 1.04 bits per heavy atom. The third kappa shape index (κ3) is 8.21. The Morgan fingerprint density at radius 2 is 1.83 bits per heavy atom. The van der Waals surface area contributed by atoms with Crippen molar-refractivity contribution in [2.45, 2.75) is 31.6 Å². The van der Waals surface area contributed by atoms with E-state index in [4.69, 9.17) is 4.74 Å². The minimum absolute atomic E-state index is 0.0427. The fraction of sp³-hybridized carbons (Fsp3) is 0.323. The number of amides is 1. The van der Waals surface area contributed by atoms with Crippen LogP contribution in [0, 0.1) is 11.8 Å². The molecular formula is C31H30F5N7O3. The second kappa shape index (κ2) is 14.0. The molecule has 3 aromatic heterocycles. The van der Waals surface area contributed by atoms with Gasteiger partial charge >= 0.3 is 6.18 Å². The zero-order chi connectivity index (χ0) is 32.8. The average Bonchev–Trinajstić information content (AvgIpc) is 3.03. The van der Waals surface area contributed by atoms with Crippen LogP contribution in [0.25, 0.3) is 22.6 Å². The SMILES string of the molecule is COc1ccc(CNc2ncc(-c3nc(-c4ccc(OCC(F)(F)F)nc4)cc(C(=O)N[C@H]4CCCN(C)C4)c3F)nc2F)cc1. The van der Waals surface area contributed by atoms with E-state index in [1.165, 1.54) is 24.4 Å². The smallest absolute Gasteiger partial charge is 0.422 e. The van der Waals surface area contributed by atoms with Gasteiger partial charge in [-0.05, 0) is 56.3 Å². The normalized spacial score (nSPS) is 15.3. The Morgan fingerprint density at radius 3 is 2.48 bits per heavy atom. The predicted molar refractivity (Wildman–Crippen MR) is 158 cm³/mol. The zero-order valence-corrected chi connectivity index (χ0v) is 24.9. The summed E-state index contributed by atoms with van der Waals surface area (Å²) in [7, 11) is 3.46. The van der Waals surface area contributed by atoms with E-state index < -0.39 is 36.1 Å². The summed E-state index contributed by atoms with van der Waals surface area (Å²) >= 11 is 0. The molecule has 0 unspecified atom stereocenters. The second-order valence-corrected chi connectivity index (χ2v) is 10.7. The summed E-state index contributed by atoms with van der Waals surface area (Å²) in [5.74, 6) is -2.61. The van der Waals surface area contributed by atoms with Crippen molar-refractivity contribution in [1.82, 2.24) is 30.2 Å². The molecule has 4 aromatic rings. The van der Waals surface area contributed by atoms with Crippen molar-refractivity contribution < 1.29 is 36.2 Å². The summed E-state index contributed by atoms with van der Waals surface area (Å²) in [4.78, 5) is 31.5. The zero-order valence-electron chi connectivity index (χ0n) is 24.9. The van der Waals surface area contributed by atoms with E-state index in [0.717, 1.165) is 24.7 Å². The highest BCUT2D eigenvalue weighted by Crippen LogP contribution is 2.29. The number of nitrogens with one attached hydrogen (secondary N) is 2. The first-order chi connectivity index (χ1) is 22.0. The van der Waals surface area contributed by atoms with Crippen LogP contribution in [-0.2, 0) is 6.54 Å². The first kappa shape index (κ1) is 32.5. The van der Waals surface area contributed by atoms with Crippen LogP contribution >= 0.6 is 0 Å². The number of methoxy groups -OCH3 is 1. The fourth-order valence-corrected chi connectivity index (χ4v) is 4.86. The van der Waals surface area contributed by atoms with E-state index in [1.807, 2.05) is 11.9 Å². The molecule has 4 heterocycles. The molecule has 10 nitrogen and oxygen atoms in total. The summed E-state index contributed by atoms with van der Waals surface area (Å²) in [6.45, 7) is 0.125. The molecule has 0 bridgehead atoms. The molecular weight excluding hydrogens is 613 g/mol. The summed E-state index contributed by atoms with van der Waals surface area (Å²) in [5.41, 5.74) is -0.0195. The Kier molecular flexibility index (Phi) is 9.90. The van der Waals surface area contributed by atoms with E-state index in [2.05, 4.69) is 35.3 Å². The standard InChI is InChI=1S/C31H30F5N7O3/c1-43-11-3-4-20(16-43)40-30(44)22-12-23(19-7-10-25(37-14-19)46-17-31(34,35)36)41-27(26(22)32)24-15-39-29(28(33)42-24)38-13-18-5-8-21(45-2)9-6-18/h5-10,12,14-15,20H,3-4,11,13,16-17H2,1-2H3,(H,38,39)(H,40,44)/t20-/m0/s1. The number of carbonyl (C=O) groups is 1. The molecule has 1 aliphatic rings. The number of anilines is 1. The number of likely N-dealkylation sites (N-methyl/N-ethyl adjacent to an activating group) is 1. The predicted octanol–water partition coefficient (Wildman–Crippen LogP) is 5.26. The maximum absolute atomic E-state index is 16.0. The lowest BCUT2D eigenvalue weighted by atomic mass is 10.0. The molecule has 1 amide bonds. The van der Waals surface area contributed by atoms with Crippen LogP contribution in [0.5, 0.6) is 11.6 Å². The van der Waals surface area contributed by atoms with E-state index in [9.17, 15) is 18.0 Å². The van der Waals surface area contributed by atoms with Crippen LogP contribution in [0.3, 0.4) is 0 Å². The summed E-state index contributed by atoms with van der Waals surface area (Å²) in [5, 5.41) is 5.68. The Labute approximate surface area is 261 Å². The molecule has 1 saturated heterocycles. The number of alkyl halides is 3. The van der Waals surface area contributed by atoms with Gasteiger partial charge in [-0.25, -0.2) is 24.3 Å². The molecule has 5 rings (SSSR count). The Bertz CT molecular complexity index is 1670. The van der Waals surface area contributed by atoms with Crippen molar-refractivity contribution in [3.63, 3.8) is 0 Å². The number of hydrogen-bond donors (Lipinski definition) is 2. The molecule has 2 N–H and O–H groups in total. The molecule has 15 heteroatoms. The number of carbonyl (C=O) groups excluding carboxylic acids is 1. The van der Waals surface area contributed by atoms with Gasteiger partial charge in [0.05, 0.1) is 24.6 Å². The molecule has 46 heavy (non-hydrogen) atoms. The highest BCUT2D eigenvalue weighted by Gasteiger charge is 2.29. The van der Waals surface area contributed by atoms with Gasteiger partial charge in [0.15, 0.2) is 18.2 Å². The van der Waals surface area contributed by atoms with E-state index in [0.29, 0.717) is 18.7 Å². The molecule has 1 fully saturated rings. The first-order valence-electron chi connectivity index (χ1n) is 14.2. The van der Waals surface area contributed by atoms with Gasteiger partial charge in [-0.2, -0.15) is 17.6 Å². The monoisotopic (exact) mass is 643 g/mol. The van der Waals surface area contributed by atoms with Crippen molar-refractivity contribution in [2.24, 2.45) is 0 Å². The highest BCUT2D eigenvalue weighted by atomic mass is 19.4. The van der Waals surface area contributed by atoms with Crippen molar-refractivity contribution >= 4 is 11.7 Å². The quantitative estimate of drug-likeness (QED) is 0.223. The van der Waals surface area contributed by atoms with Gasteiger partial charge < -0.3 is 25.0 Å². The van der Waals surface area contributed by atoms with Crippen molar-refractivity contribution in [1.29, 1.82) is 0 Å². The number of ether oxygens (including phenoxy) is 2. The first-order valence-corrected chi connectivity index (χ1v) is 14.2. The lowest BCUT2D eigenvalue weighted by molar-refractivity contribution is -0.154. The van der Waals surface area contributed by atoms with Gasteiger partial charge in [0.25, 0.3) is 11.9 Å². The molecule has 1 atom stereocenters. The number of likely N-dealkylation sites (tertiary alicyclic amines) is 1. The maximum atomic E-state index is 16.0. The minimum atomic E-state index is -4.56. The van der Waals surface area contributed by atoms with Gasteiger partial charge in [0, 0.05) is 37.0 Å². The highest BCUT2D eigenvalue weighted by molar-refractivity contribution is 5.96. The molecule has 242 valence electrons. The number of aromatic nitrogens is 4. The molecule has 1 aromatic carbocycles. The van der Waals surface area contributed by atoms with Gasteiger partial charge in [-0.1, -0.05) is 12.1 Å². The van der Waals surface area contributed by atoms with Crippen LogP contribution < -0.4 is 20.1 Å². The largest absolute Gasteiger partial charge is 0.497 e. The Balaban J connectivity index is 1.45. The van der Waals surface area contributed by atoms with Crippen LogP contribution in [-0.4, -0.2) is 76.8 Å². The molecule has 0 aliphatic carbocycles. The van der Waals surface area contributed by atoms with Crippen LogP contribution in [0.1, 0.15) is 28.8 Å². The summed E-state index contributed by atoms with van der Waals surface area (Å²) in [6.07, 6.45) is -0.711. The lowest BCUT2D eigenvalue weighted by Crippen LogP contribution is -2.46. The number of pyridine rings is 2. The van der Waals surface area contributed by atoms with E-state index >= 15 is 8.78 Å². The number of benzene rings is 1. The van der Waals surface area contributed by atoms with Crippen molar-refractivity contribution in [3.05, 3.63) is 77.8 Å². The van der Waals surface area contributed by atoms with E-state index in [1.54, 1.807) is 31.4 Å². The van der Waals surface area contributed by atoms with Crippen molar-refractivity contribution in [2.75, 3.05) is 39.2 Å². The number of halogens is 5. The molecule has 0 saturated carbocycles. The topological polar surface area (TPSA) is 114 Å². The molecule has 1 aliphatic heterocycles. The second-order valence-electron chi connectivity index (χ2n) is 10.7. The maximum Gasteiger partial charge on any atom is 0.422 e. The number of hydrogen-bond acceptors (Lipinski definition) is 9. The minimum Gasteiger partial charge on any atom is -0.497 e. The van der Waals surface area contributed by atoms with Gasteiger partial charge in [-0.3, -0.25) is 4.79 Å². The van der Waals surface area contributed by atoms with Gasteiger partial charge in [-0.15, -0.1) is 0 Å². The summed E-state index contributed by atoms with van der Waals surface area (Å²) in [6, 6.07) is 10.6.